The molecule has 7 nitrogen and oxygen atoms in total. The largest absolute Gasteiger partial charge is 0.357 e. The number of halogens is 2. The molecule has 1 atom stereocenters. The van der Waals surface area contributed by atoms with Crippen molar-refractivity contribution in [3.63, 3.8) is 0 Å². The van der Waals surface area contributed by atoms with E-state index in [-0.39, 0.29) is 12.5 Å². The van der Waals surface area contributed by atoms with Crippen LogP contribution < -0.4 is 9.62 Å². The Morgan fingerprint density at radius 2 is 1.84 bits per heavy atom. The number of aryl methyl sites for hydroxylation is 1. The number of anilines is 1. The number of carbonyl (C=O) groups excluding carboxylic acids is 2. The van der Waals surface area contributed by atoms with Crippen molar-refractivity contribution in [2.75, 3.05) is 24.2 Å². The zero-order valence-corrected chi connectivity index (χ0v) is 21.6. The Labute approximate surface area is 202 Å². The van der Waals surface area contributed by atoms with Gasteiger partial charge in [0.2, 0.25) is 21.8 Å². The van der Waals surface area contributed by atoms with Gasteiger partial charge in [0.25, 0.3) is 0 Å². The Balaban J connectivity index is 2.46. The van der Waals surface area contributed by atoms with Gasteiger partial charge in [0.15, 0.2) is 0 Å². The van der Waals surface area contributed by atoms with Crippen LogP contribution in [0.25, 0.3) is 0 Å². The summed E-state index contributed by atoms with van der Waals surface area (Å²) >= 11 is 9.69. The van der Waals surface area contributed by atoms with E-state index in [4.69, 9.17) is 11.6 Å². The van der Waals surface area contributed by atoms with Gasteiger partial charge in [-0.15, -0.1) is 0 Å². The molecule has 0 unspecified atom stereocenters. The molecule has 0 fully saturated rings. The molecule has 10 heteroatoms. The molecule has 2 aromatic rings. The topological polar surface area (TPSA) is 86.8 Å². The number of rotatable bonds is 9. The summed E-state index contributed by atoms with van der Waals surface area (Å²) in [6.07, 6.45) is 1.40. The summed E-state index contributed by atoms with van der Waals surface area (Å²) < 4.78 is 27.0. The Hall–Kier alpha value is -2.10. The van der Waals surface area contributed by atoms with Crippen molar-refractivity contribution in [2.45, 2.75) is 32.9 Å². The number of hydrogen-bond acceptors (Lipinski definition) is 4. The minimum atomic E-state index is -3.77. The third kappa shape index (κ3) is 6.46. The highest BCUT2D eigenvalue weighted by atomic mass is 79.9. The van der Waals surface area contributed by atoms with Crippen molar-refractivity contribution in [2.24, 2.45) is 0 Å². The van der Waals surface area contributed by atoms with E-state index in [0.29, 0.717) is 22.7 Å². The first kappa shape index (κ1) is 26.2. The maximum atomic E-state index is 13.4. The second kappa shape index (κ2) is 11.2. The molecule has 2 aromatic carbocycles. The molecular weight excluding hydrogens is 518 g/mol. The normalized spacial score (nSPS) is 12.2. The number of likely N-dealkylation sites (N-methyl/N-ethyl adjacent to an activating group) is 1. The van der Waals surface area contributed by atoms with Crippen LogP contribution in [0.5, 0.6) is 0 Å². The average Bonchev–Trinajstić information content (AvgIpc) is 2.74. The zero-order chi connectivity index (χ0) is 24.1. The maximum Gasteiger partial charge on any atom is 0.244 e. The highest BCUT2D eigenvalue weighted by molar-refractivity contribution is 9.10. The number of carbonyl (C=O) groups is 2. The van der Waals surface area contributed by atoms with Gasteiger partial charge < -0.3 is 10.2 Å². The highest BCUT2D eigenvalue weighted by Crippen LogP contribution is 2.26. The van der Waals surface area contributed by atoms with E-state index in [0.717, 1.165) is 20.6 Å². The van der Waals surface area contributed by atoms with Gasteiger partial charge in [-0.3, -0.25) is 13.9 Å². The lowest BCUT2D eigenvalue weighted by Gasteiger charge is -2.32. The Morgan fingerprint density at radius 1 is 1.19 bits per heavy atom. The molecule has 0 aromatic heterocycles. The molecular formula is C22H27BrClN3O4S. The summed E-state index contributed by atoms with van der Waals surface area (Å²) in [6.45, 7) is 3.25. The molecule has 0 spiro atoms. The van der Waals surface area contributed by atoms with E-state index >= 15 is 0 Å². The smallest absolute Gasteiger partial charge is 0.244 e. The Bertz CT molecular complexity index is 1090. The number of amides is 2. The molecule has 1 N–H and O–H groups in total. The van der Waals surface area contributed by atoms with E-state index in [1.54, 1.807) is 49.4 Å². The minimum Gasteiger partial charge on any atom is -0.357 e. The van der Waals surface area contributed by atoms with Gasteiger partial charge in [-0.2, -0.15) is 0 Å². The summed E-state index contributed by atoms with van der Waals surface area (Å²) in [5, 5.41) is 3.04. The first-order valence-electron chi connectivity index (χ1n) is 9.97. The lowest BCUT2D eigenvalue weighted by atomic mass is 10.1. The second-order valence-electron chi connectivity index (χ2n) is 7.35. The number of nitrogens with zero attached hydrogens (tertiary/aromatic N) is 2. The fourth-order valence-corrected chi connectivity index (χ4v) is 4.58. The second-order valence-corrected chi connectivity index (χ2v) is 10.5. The average molecular weight is 545 g/mol. The van der Waals surface area contributed by atoms with Gasteiger partial charge >= 0.3 is 0 Å². The summed E-state index contributed by atoms with van der Waals surface area (Å²) in [5.74, 6) is -0.843. The first-order chi connectivity index (χ1) is 15.0. The van der Waals surface area contributed by atoms with Crippen molar-refractivity contribution < 1.29 is 18.0 Å². The van der Waals surface area contributed by atoms with Crippen LogP contribution in [0.1, 0.15) is 24.5 Å². The molecule has 0 heterocycles. The molecule has 0 saturated heterocycles. The number of sulfonamides is 1. The number of benzene rings is 2. The molecule has 2 amide bonds. The molecule has 2 rings (SSSR count). The van der Waals surface area contributed by atoms with Crippen LogP contribution in [0.3, 0.4) is 0 Å². The van der Waals surface area contributed by atoms with Gasteiger partial charge in [0.1, 0.15) is 12.6 Å². The fourth-order valence-electron chi connectivity index (χ4n) is 3.29. The predicted octanol–water partition coefficient (Wildman–Crippen LogP) is 3.73. The predicted molar refractivity (Wildman–Crippen MR) is 131 cm³/mol. The minimum absolute atomic E-state index is 0.0708. The SMILES string of the molecule is CC[C@@H](C(=O)NC)N(Cc1ccccc1Cl)C(=O)CN(c1ccc(Br)c(C)c1)S(C)(=O)=O. The Morgan fingerprint density at radius 3 is 2.38 bits per heavy atom. The molecule has 0 aliphatic carbocycles. The molecule has 174 valence electrons. The van der Waals surface area contributed by atoms with Crippen molar-refractivity contribution in [1.29, 1.82) is 0 Å². The molecule has 0 bridgehead atoms. The first-order valence-corrected chi connectivity index (χ1v) is 13.0. The van der Waals surface area contributed by atoms with Crippen molar-refractivity contribution in [3.05, 3.63) is 63.1 Å². The van der Waals surface area contributed by atoms with Crippen LogP contribution in [0.4, 0.5) is 5.69 Å². The molecule has 0 aliphatic rings. The summed E-state index contributed by atoms with van der Waals surface area (Å²) in [7, 11) is -2.27. The number of nitrogens with one attached hydrogen (secondary N) is 1. The summed E-state index contributed by atoms with van der Waals surface area (Å²) in [5.41, 5.74) is 1.86. The monoisotopic (exact) mass is 543 g/mol. The third-order valence-electron chi connectivity index (χ3n) is 5.04. The highest BCUT2D eigenvalue weighted by Gasteiger charge is 2.31. The van der Waals surface area contributed by atoms with Crippen molar-refractivity contribution >= 4 is 55.1 Å². The van der Waals surface area contributed by atoms with Gasteiger partial charge in [0.05, 0.1) is 11.9 Å². The van der Waals surface area contributed by atoms with Crippen molar-refractivity contribution in [3.8, 4) is 0 Å². The van der Waals surface area contributed by atoms with E-state index in [1.165, 1.54) is 11.9 Å². The van der Waals surface area contributed by atoms with Crippen LogP contribution in [0.15, 0.2) is 46.9 Å². The van der Waals surface area contributed by atoms with Gasteiger partial charge in [-0.05, 0) is 48.7 Å². The lowest BCUT2D eigenvalue weighted by molar-refractivity contribution is -0.140. The Kier molecular flexibility index (Phi) is 9.12. The van der Waals surface area contributed by atoms with Gasteiger partial charge in [-0.1, -0.05) is 52.7 Å². The number of hydrogen-bond donors (Lipinski definition) is 1. The summed E-state index contributed by atoms with van der Waals surface area (Å²) in [6, 6.07) is 11.3. The summed E-state index contributed by atoms with van der Waals surface area (Å²) in [4.78, 5) is 27.4. The molecule has 0 radical (unpaired) electrons. The van der Waals surface area contributed by atoms with E-state index in [9.17, 15) is 18.0 Å². The molecule has 0 aliphatic heterocycles. The zero-order valence-electron chi connectivity index (χ0n) is 18.4. The van der Waals surface area contributed by atoms with Crippen molar-refractivity contribution in [1.82, 2.24) is 10.2 Å². The van der Waals surface area contributed by atoms with Gasteiger partial charge in [0, 0.05) is 23.1 Å². The lowest BCUT2D eigenvalue weighted by Crippen LogP contribution is -2.51. The molecule has 0 saturated carbocycles. The fraction of sp³-hybridized carbons (Fsp3) is 0.364. The van der Waals surface area contributed by atoms with E-state index in [2.05, 4.69) is 21.2 Å². The van der Waals surface area contributed by atoms with E-state index < -0.39 is 28.5 Å². The van der Waals surface area contributed by atoms with Crippen LogP contribution in [0, 0.1) is 6.92 Å². The van der Waals surface area contributed by atoms with Crippen LogP contribution in [-0.4, -0.2) is 51.0 Å². The standard InChI is InChI=1S/C22H27BrClN3O4S/c1-5-20(22(29)25-3)26(13-16-8-6-7-9-19(16)24)21(28)14-27(32(4,30)31)17-10-11-18(23)15(2)12-17/h6-12,20H,5,13-14H2,1-4H3,(H,25,29)/t20-/m0/s1. The van der Waals surface area contributed by atoms with Crippen LogP contribution >= 0.6 is 27.5 Å². The molecule has 32 heavy (non-hydrogen) atoms. The quantitative estimate of drug-likeness (QED) is 0.521. The van der Waals surface area contributed by atoms with E-state index in [1.807, 2.05) is 6.92 Å². The maximum absolute atomic E-state index is 13.4. The third-order valence-corrected chi connectivity index (χ3v) is 7.44. The van der Waals surface area contributed by atoms with Crippen LogP contribution in [-0.2, 0) is 26.2 Å². The van der Waals surface area contributed by atoms with Crippen LogP contribution in [0.2, 0.25) is 5.02 Å². The van der Waals surface area contributed by atoms with Gasteiger partial charge in [-0.25, -0.2) is 8.42 Å².